The number of hydrogen-bond acceptors (Lipinski definition) is 4. The minimum absolute atomic E-state index is 0.0727. The maximum Gasteiger partial charge on any atom is 0.231 e. The first kappa shape index (κ1) is 14.0. The molecular weight excluding hydrogens is 290 g/mol. The Hall–Kier alpha value is -1.91. The summed E-state index contributed by atoms with van der Waals surface area (Å²) in [5, 5.41) is 14.1. The first-order chi connectivity index (χ1) is 10.1. The van der Waals surface area contributed by atoms with Gasteiger partial charge in [-0.15, -0.1) is 0 Å². The van der Waals surface area contributed by atoms with Crippen LogP contribution in [0.4, 0.5) is 0 Å². The number of ether oxygens (including phenoxy) is 2. The minimum Gasteiger partial charge on any atom is -0.507 e. The number of phenols is 1. The molecule has 0 unspecified atom stereocenters. The zero-order chi connectivity index (χ0) is 14.8. The van der Waals surface area contributed by atoms with Crippen LogP contribution in [0.1, 0.15) is 24.1 Å². The summed E-state index contributed by atoms with van der Waals surface area (Å²) in [4.78, 5) is 0. The molecule has 2 N–H and O–H groups in total. The van der Waals surface area contributed by atoms with Gasteiger partial charge in [0.15, 0.2) is 11.5 Å². The molecule has 0 saturated carbocycles. The summed E-state index contributed by atoms with van der Waals surface area (Å²) in [6, 6.07) is 11.2. The van der Waals surface area contributed by atoms with Gasteiger partial charge in [0.2, 0.25) is 6.79 Å². The topological polar surface area (TPSA) is 50.7 Å². The van der Waals surface area contributed by atoms with E-state index in [0.29, 0.717) is 18.0 Å². The van der Waals surface area contributed by atoms with Crippen LogP contribution in [0.15, 0.2) is 36.4 Å². The van der Waals surface area contributed by atoms with Gasteiger partial charge in [-0.25, -0.2) is 0 Å². The summed E-state index contributed by atoms with van der Waals surface area (Å²) < 4.78 is 10.5. The van der Waals surface area contributed by atoms with Crippen LogP contribution < -0.4 is 14.8 Å². The number of rotatable bonds is 4. The van der Waals surface area contributed by atoms with Gasteiger partial charge in [0.05, 0.1) is 0 Å². The van der Waals surface area contributed by atoms with Crippen molar-refractivity contribution in [2.75, 3.05) is 6.79 Å². The molecule has 0 bridgehead atoms. The van der Waals surface area contributed by atoms with Gasteiger partial charge in [0.25, 0.3) is 0 Å². The maximum atomic E-state index is 10.0. The molecule has 21 heavy (non-hydrogen) atoms. The highest BCUT2D eigenvalue weighted by atomic mass is 35.5. The zero-order valence-corrected chi connectivity index (χ0v) is 12.4. The molecule has 110 valence electrons. The molecular formula is C16H16ClNO3. The van der Waals surface area contributed by atoms with E-state index < -0.39 is 0 Å². The molecule has 1 heterocycles. The fraction of sp³-hybridized carbons (Fsp3) is 0.250. The number of phenolic OH excluding ortho intramolecular Hbond substituents is 1. The van der Waals surface area contributed by atoms with Crippen LogP contribution in [0.3, 0.4) is 0 Å². The van der Waals surface area contributed by atoms with E-state index in [1.54, 1.807) is 12.1 Å². The van der Waals surface area contributed by atoms with Crippen molar-refractivity contribution < 1.29 is 14.6 Å². The molecule has 0 saturated heterocycles. The van der Waals surface area contributed by atoms with Gasteiger partial charge in [-0.3, -0.25) is 0 Å². The third-order valence-corrected chi connectivity index (χ3v) is 3.89. The number of benzene rings is 2. The molecule has 2 aromatic carbocycles. The molecule has 3 rings (SSSR count). The van der Waals surface area contributed by atoms with Crippen LogP contribution in [0, 0.1) is 0 Å². The van der Waals surface area contributed by atoms with E-state index in [-0.39, 0.29) is 18.6 Å². The van der Waals surface area contributed by atoms with Crippen molar-refractivity contribution in [2.24, 2.45) is 0 Å². The average molecular weight is 306 g/mol. The zero-order valence-electron chi connectivity index (χ0n) is 11.6. The SMILES string of the molecule is C[C@H](NCc1cc2c(cc1O)OCO2)c1ccccc1Cl. The fourth-order valence-corrected chi connectivity index (χ4v) is 2.61. The lowest BCUT2D eigenvalue weighted by molar-refractivity contribution is 0.174. The molecule has 5 heteroatoms. The summed E-state index contributed by atoms with van der Waals surface area (Å²) in [7, 11) is 0. The summed E-state index contributed by atoms with van der Waals surface area (Å²) in [6.45, 7) is 2.74. The molecule has 1 atom stereocenters. The van der Waals surface area contributed by atoms with Gasteiger partial charge in [-0.05, 0) is 24.6 Å². The van der Waals surface area contributed by atoms with E-state index in [2.05, 4.69) is 5.32 Å². The van der Waals surface area contributed by atoms with E-state index >= 15 is 0 Å². The van der Waals surface area contributed by atoms with Gasteiger partial charge in [0, 0.05) is 29.2 Å². The van der Waals surface area contributed by atoms with E-state index in [1.807, 2.05) is 31.2 Å². The van der Waals surface area contributed by atoms with Crippen LogP contribution in [-0.4, -0.2) is 11.9 Å². The molecule has 0 amide bonds. The Balaban J connectivity index is 1.72. The summed E-state index contributed by atoms with van der Waals surface area (Å²) >= 11 is 6.18. The lowest BCUT2D eigenvalue weighted by Crippen LogP contribution is -2.18. The van der Waals surface area contributed by atoms with Gasteiger partial charge >= 0.3 is 0 Å². The number of hydrogen-bond donors (Lipinski definition) is 2. The van der Waals surface area contributed by atoms with E-state index in [4.69, 9.17) is 21.1 Å². The minimum atomic E-state index is 0.0727. The Morgan fingerprint density at radius 3 is 2.71 bits per heavy atom. The third kappa shape index (κ3) is 2.91. The highest BCUT2D eigenvalue weighted by Gasteiger charge is 2.17. The Labute approximate surface area is 128 Å². The highest BCUT2D eigenvalue weighted by Crippen LogP contribution is 2.37. The lowest BCUT2D eigenvalue weighted by Gasteiger charge is -2.16. The summed E-state index contributed by atoms with van der Waals surface area (Å²) in [5.74, 6) is 1.43. The molecule has 2 aromatic rings. The van der Waals surface area contributed by atoms with Crippen molar-refractivity contribution in [3.8, 4) is 17.2 Å². The number of fused-ring (bicyclic) bond motifs is 1. The first-order valence-corrected chi connectivity index (χ1v) is 7.12. The Morgan fingerprint density at radius 1 is 1.24 bits per heavy atom. The number of halogens is 1. The smallest absolute Gasteiger partial charge is 0.231 e. The van der Waals surface area contributed by atoms with Crippen LogP contribution in [0.2, 0.25) is 5.02 Å². The predicted octanol–water partition coefficient (Wildman–Crippen LogP) is 3.63. The molecule has 0 aliphatic carbocycles. The maximum absolute atomic E-state index is 10.0. The van der Waals surface area contributed by atoms with Gasteiger partial charge in [-0.2, -0.15) is 0 Å². The third-order valence-electron chi connectivity index (χ3n) is 3.54. The monoisotopic (exact) mass is 305 g/mol. The van der Waals surface area contributed by atoms with Crippen LogP contribution in [-0.2, 0) is 6.54 Å². The average Bonchev–Trinajstić information content (AvgIpc) is 2.92. The van der Waals surface area contributed by atoms with Crippen LogP contribution in [0.5, 0.6) is 17.2 Å². The quantitative estimate of drug-likeness (QED) is 0.906. The predicted molar refractivity (Wildman–Crippen MR) is 80.9 cm³/mol. The molecule has 0 spiro atoms. The number of aromatic hydroxyl groups is 1. The second-order valence-electron chi connectivity index (χ2n) is 4.96. The molecule has 1 aliphatic rings. The standard InChI is InChI=1S/C16H16ClNO3/c1-10(12-4-2-3-5-13(12)17)18-8-11-6-15-16(7-14(11)19)21-9-20-15/h2-7,10,18-19H,8-9H2,1H3/t10-/m0/s1. The first-order valence-electron chi connectivity index (χ1n) is 6.74. The lowest BCUT2D eigenvalue weighted by atomic mass is 10.1. The van der Waals surface area contributed by atoms with E-state index in [0.717, 1.165) is 16.1 Å². The second kappa shape index (κ2) is 5.84. The van der Waals surface area contributed by atoms with Crippen molar-refractivity contribution in [3.05, 3.63) is 52.5 Å². The number of nitrogens with one attached hydrogen (secondary N) is 1. The largest absolute Gasteiger partial charge is 0.507 e. The van der Waals surface area contributed by atoms with Gasteiger partial charge < -0.3 is 19.9 Å². The van der Waals surface area contributed by atoms with Crippen molar-refractivity contribution in [1.29, 1.82) is 0 Å². The fourth-order valence-electron chi connectivity index (χ4n) is 2.31. The Bertz CT molecular complexity index is 660. The van der Waals surface area contributed by atoms with Crippen molar-refractivity contribution >= 4 is 11.6 Å². The summed E-state index contributed by atoms with van der Waals surface area (Å²) in [6.07, 6.45) is 0. The Kier molecular flexibility index (Phi) is 3.90. The van der Waals surface area contributed by atoms with E-state index in [1.165, 1.54) is 0 Å². The highest BCUT2D eigenvalue weighted by molar-refractivity contribution is 6.31. The van der Waals surface area contributed by atoms with E-state index in [9.17, 15) is 5.11 Å². The molecule has 0 fully saturated rings. The van der Waals surface area contributed by atoms with Crippen LogP contribution >= 0.6 is 11.6 Å². The van der Waals surface area contributed by atoms with Gasteiger partial charge in [0.1, 0.15) is 5.75 Å². The molecule has 4 nitrogen and oxygen atoms in total. The molecule has 0 aromatic heterocycles. The van der Waals surface area contributed by atoms with Crippen molar-refractivity contribution in [3.63, 3.8) is 0 Å². The summed E-state index contributed by atoms with van der Waals surface area (Å²) in [5.41, 5.74) is 1.79. The van der Waals surface area contributed by atoms with Crippen LogP contribution in [0.25, 0.3) is 0 Å². The molecule has 1 aliphatic heterocycles. The van der Waals surface area contributed by atoms with Crippen molar-refractivity contribution in [2.45, 2.75) is 19.5 Å². The Morgan fingerprint density at radius 2 is 1.95 bits per heavy atom. The second-order valence-corrected chi connectivity index (χ2v) is 5.37. The normalized spacial score (nSPS) is 14.2. The van der Waals surface area contributed by atoms with Crippen molar-refractivity contribution in [1.82, 2.24) is 5.32 Å². The van der Waals surface area contributed by atoms with Gasteiger partial charge in [-0.1, -0.05) is 29.8 Å². The molecule has 0 radical (unpaired) electrons.